The van der Waals surface area contributed by atoms with Crippen LogP contribution in [0.3, 0.4) is 0 Å². The molecule has 27 heavy (non-hydrogen) atoms. The summed E-state index contributed by atoms with van der Waals surface area (Å²) in [6.07, 6.45) is 1.49. The molecule has 1 fully saturated rings. The van der Waals surface area contributed by atoms with Gasteiger partial charge in [-0.05, 0) is 35.7 Å². The smallest absolute Gasteiger partial charge is 0.251 e. The van der Waals surface area contributed by atoms with Crippen LogP contribution in [0.4, 0.5) is 0 Å². The Labute approximate surface area is 162 Å². The summed E-state index contributed by atoms with van der Waals surface area (Å²) >= 11 is 1.82. The molecule has 6 heteroatoms. The summed E-state index contributed by atoms with van der Waals surface area (Å²) in [6, 6.07) is 15.3. The number of thioether (sulfide) groups is 1. The van der Waals surface area contributed by atoms with Crippen LogP contribution in [0.5, 0.6) is 0 Å². The number of amides is 3. The molecular formula is C21H20N2O3S. The molecule has 0 bridgehead atoms. The first kappa shape index (κ1) is 17.8. The predicted octanol–water partition coefficient (Wildman–Crippen LogP) is 3.30. The Balaban J connectivity index is 1.43. The highest BCUT2D eigenvalue weighted by Crippen LogP contribution is 2.35. The second-order valence-electron chi connectivity index (χ2n) is 6.77. The van der Waals surface area contributed by atoms with Gasteiger partial charge in [-0.25, -0.2) is 0 Å². The van der Waals surface area contributed by atoms with E-state index < -0.39 is 0 Å². The standard InChI is InChI=1S/C21H20N2O3S/c24-19-9-10-20(25)23(19)13-14-5-7-15(8-6-14)21(26)22-17-11-12-27-18-4-2-1-3-16(17)18/h1-8,17H,9-13H2,(H,22,26). The van der Waals surface area contributed by atoms with Crippen molar-refractivity contribution in [3.05, 3.63) is 65.2 Å². The molecule has 1 atom stereocenters. The quantitative estimate of drug-likeness (QED) is 0.827. The van der Waals surface area contributed by atoms with Crippen LogP contribution in [0.15, 0.2) is 53.4 Å². The van der Waals surface area contributed by atoms with E-state index in [1.165, 1.54) is 15.4 Å². The molecule has 2 aliphatic heterocycles. The molecule has 2 heterocycles. The number of likely N-dealkylation sites (tertiary alicyclic amines) is 1. The monoisotopic (exact) mass is 380 g/mol. The number of imide groups is 1. The molecule has 2 aliphatic rings. The van der Waals surface area contributed by atoms with Gasteiger partial charge in [-0.3, -0.25) is 19.3 Å². The van der Waals surface area contributed by atoms with Gasteiger partial charge in [-0.15, -0.1) is 11.8 Å². The summed E-state index contributed by atoms with van der Waals surface area (Å²) < 4.78 is 0. The Bertz CT molecular complexity index is 879. The molecule has 5 nitrogen and oxygen atoms in total. The number of nitrogens with one attached hydrogen (secondary N) is 1. The summed E-state index contributed by atoms with van der Waals surface area (Å²) in [5, 5.41) is 3.13. The van der Waals surface area contributed by atoms with Crippen LogP contribution in [-0.2, 0) is 16.1 Å². The lowest BCUT2D eigenvalue weighted by atomic mass is 10.0. The van der Waals surface area contributed by atoms with Crippen molar-refractivity contribution >= 4 is 29.5 Å². The highest BCUT2D eigenvalue weighted by atomic mass is 32.2. The zero-order chi connectivity index (χ0) is 18.8. The van der Waals surface area contributed by atoms with E-state index in [-0.39, 0.29) is 30.3 Å². The molecule has 4 rings (SSSR count). The van der Waals surface area contributed by atoms with Crippen molar-refractivity contribution in [3.8, 4) is 0 Å². The second kappa shape index (κ2) is 7.56. The number of rotatable bonds is 4. The first-order valence-corrected chi connectivity index (χ1v) is 10.0. The van der Waals surface area contributed by atoms with Crippen LogP contribution in [0, 0.1) is 0 Å². The largest absolute Gasteiger partial charge is 0.345 e. The lowest BCUT2D eigenvalue weighted by Crippen LogP contribution is -2.30. The predicted molar refractivity (Wildman–Crippen MR) is 103 cm³/mol. The van der Waals surface area contributed by atoms with Crippen LogP contribution >= 0.6 is 11.8 Å². The normalized spacial score (nSPS) is 19.1. The number of benzene rings is 2. The molecule has 1 N–H and O–H groups in total. The number of hydrogen-bond donors (Lipinski definition) is 1. The molecule has 1 saturated heterocycles. The second-order valence-corrected chi connectivity index (χ2v) is 7.91. The van der Waals surface area contributed by atoms with E-state index in [9.17, 15) is 14.4 Å². The first-order chi connectivity index (χ1) is 13.1. The summed E-state index contributed by atoms with van der Waals surface area (Å²) in [7, 11) is 0. The fourth-order valence-corrected chi connectivity index (χ4v) is 4.60. The minimum absolute atomic E-state index is 0.0227. The van der Waals surface area contributed by atoms with Crippen molar-refractivity contribution in [2.45, 2.75) is 36.7 Å². The van der Waals surface area contributed by atoms with Gasteiger partial charge in [-0.1, -0.05) is 30.3 Å². The van der Waals surface area contributed by atoms with Gasteiger partial charge >= 0.3 is 0 Å². The average molecular weight is 380 g/mol. The summed E-state index contributed by atoms with van der Waals surface area (Å²) in [5.74, 6) is 0.617. The molecule has 2 aromatic carbocycles. The number of carbonyl (C=O) groups is 3. The fourth-order valence-electron chi connectivity index (χ4n) is 3.48. The summed E-state index contributed by atoms with van der Waals surface area (Å²) in [4.78, 5) is 38.6. The zero-order valence-electron chi connectivity index (χ0n) is 14.8. The maximum atomic E-state index is 12.6. The molecule has 2 aromatic rings. The number of hydrogen-bond acceptors (Lipinski definition) is 4. The van der Waals surface area contributed by atoms with Gasteiger partial charge in [0.2, 0.25) is 11.8 Å². The Hall–Kier alpha value is -2.60. The number of carbonyl (C=O) groups excluding carboxylic acids is 3. The minimum atomic E-state index is -0.129. The lowest BCUT2D eigenvalue weighted by Gasteiger charge is -2.26. The molecular weight excluding hydrogens is 360 g/mol. The van der Waals surface area contributed by atoms with Crippen molar-refractivity contribution in [3.63, 3.8) is 0 Å². The van der Waals surface area contributed by atoms with Crippen LogP contribution in [-0.4, -0.2) is 28.4 Å². The molecule has 0 saturated carbocycles. The van der Waals surface area contributed by atoms with E-state index in [1.807, 2.05) is 23.9 Å². The highest BCUT2D eigenvalue weighted by molar-refractivity contribution is 7.99. The summed E-state index contributed by atoms with van der Waals surface area (Å²) in [6.45, 7) is 0.271. The van der Waals surface area contributed by atoms with Crippen LogP contribution in [0.1, 0.15) is 46.8 Å². The Morgan fingerprint density at radius 1 is 1.04 bits per heavy atom. The van der Waals surface area contributed by atoms with Crippen molar-refractivity contribution in [1.29, 1.82) is 0 Å². The SMILES string of the molecule is O=C(NC1CCSc2ccccc21)c1ccc(CN2C(=O)CCC2=O)cc1. The van der Waals surface area contributed by atoms with E-state index in [1.54, 1.807) is 24.3 Å². The molecule has 0 aromatic heterocycles. The van der Waals surface area contributed by atoms with Crippen LogP contribution < -0.4 is 5.32 Å². The maximum absolute atomic E-state index is 12.6. The molecule has 1 unspecified atom stereocenters. The van der Waals surface area contributed by atoms with Gasteiger partial charge in [-0.2, -0.15) is 0 Å². The van der Waals surface area contributed by atoms with E-state index in [2.05, 4.69) is 17.4 Å². The maximum Gasteiger partial charge on any atom is 0.251 e. The summed E-state index contributed by atoms with van der Waals surface area (Å²) in [5.41, 5.74) is 2.59. The lowest BCUT2D eigenvalue weighted by molar-refractivity contribution is -0.139. The Morgan fingerprint density at radius 3 is 2.48 bits per heavy atom. The number of nitrogens with zero attached hydrogens (tertiary/aromatic N) is 1. The minimum Gasteiger partial charge on any atom is -0.345 e. The molecule has 0 aliphatic carbocycles. The van der Waals surface area contributed by atoms with Crippen LogP contribution in [0.25, 0.3) is 0 Å². The first-order valence-electron chi connectivity index (χ1n) is 9.06. The van der Waals surface area contributed by atoms with E-state index in [0.717, 1.165) is 17.7 Å². The van der Waals surface area contributed by atoms with Gasteiger partial charge in [0.25, 0.3) is 5.91 Å². The van der Waals surface area contributed by atoms with Crippen molar-refractivity contribution in [1.82, 2.24) is 10.2 Å². The van der Waals surface area contributed by atoms with Gasteiger partial charge in [0.15, 0.2) is 0 Å². The number of fused-ring (bicyclic) bond motifs is 1. The third kappa shape index (κ3) is 3.76. The third-order valence-corrected chi connectivity index (χ3v) is 6.10. The van der Waals surface area contributed by atoms with Gasteiger partial charge < -0.3 is 5.32 Å². The van der Waals surface area contributed by atoms with E-state index in [4.69, 9.17) is 0 Å². The van der Waals surface area contributed by atoms with Crippen molar-refractivity contribution in [2.75, 3.05) is 5.75 Å². The molecule has 0 radical (unpaired) electrons. The van der Waals surface area contributed by atoms with Crippen molar-refractivity contribution < 1.29 is 14.4 Å². The fraction of sp³-hybridized carbons (Fsp3) is 0.286. The zero-order valence-corrected chi connectivity index (χ0v) is 15.6. The molecule has 3 amide bonds. The topological polar surface area (TPSA) is 66.5 Å². The van der Waals surface area contributed by atoms with Crippen LogP contribution in [0.2, 0.25) is 0 Å². The van der Waals surface area contributed by atoms with Gasteiger partial charge in [0.05, 0.1) is 12.6 Å². The van der Waals surface area contributed by atoms with Gasteiger partial charge in [0.1, 0.15) is 0 Å². The van der Waals surface area contributed by atoms with Crippen molar-refractivity contribution in [2.24, 2.45) is 0 Å². The van der Waals surface area contributed by atoms with E-state index in [0.29, 0.717) is 18.4 Å². The Morgan fingerprint density at radius 2 is 1.74 bits per heavy atom. The highest BCUT2D eigenvalue weighted by Gasteiger charge is 2.28. The average Bonchev–Trinajstić information content (AvgIpc) is 3.01. The Kier molecular flexibility index (Phi) is 4.99. The molecule has 0 spiro atoms. The third-order valence-electron chi connectivity index (χ3n) is 4.98. The van der Waals surface area contributed by atoms with E-state index >= 15 is 0 Å². The molecule has 138 valence electrons. The van der Waals surface area contributed by atoms with Gasteiger partial charge in [0, 0.05) is 29.1 Å².